The molecule has 1 saturated heterocycles. The van der Waals surface area contributed by atoms with Gasteiger partial charge in [-0.25, -0.2) is 0 Å². The molecule has 0 radical (unpaired) electrons. The summed E-state index contributed by atoms with van der Waals surface area (Å²) >= 11 is 0. The van der Waals surface area contributed by atoms with Crippen LogP contribution in [0.2, 0.25) is 0 Å². The SMILES string of the molecule is CCn1c2c(c3ccc(-n4ccc(-c5ccc(C)nc5)cc4=O)cc31)C1CCC(C2)N1. The van der Waals surface area contributed by atoms with Gasteiger partial charge in [-0.05, 0) is 62.1 Å². The zero-order valence-corrected chi connectivity index (χ0v) is 17.9. The first kappa shape index (κ1) is 18.6. The third kappa shape index (κ3) is 2.87. The smallest absolute Gasteiger partial charge is 0.255 e. The number of hydrogen-bond acceptors (Lipinski definition) is 3. The fourth-order valence-corrected chi connectivity index (χ4v) is 5.49. The van der Waals surface area contributed by atoms with Gasteiger partial charge < -0.3 is 9.88 Å². The quantitative estimate of drug-likeness (QED) is 0.540. The molecule has 0 saturated carbocycles. The lowest BCUT2D eigenvalue weighted by Crippen LogP contribution is -2.32. The summed E-state index contributed by atoms with van der Waals surface area (Å²) in [6.45, 7) is 5.12. The molecule has 0 spiro atoms. The Morgan fingerprint density at radius 3 is 2.77 bits per heavy atom. The fraction of sp³-hybridized carbons (Fsp3) is 0.308. The van der Waals surface area contributed by atoms with Crippen LogP contribution in [0.15, 0.2) is 59.7 Å². The van der Waals surface area contributed by atoms with Crippen molar-refractivity contribution in [2.75, 3.05) is 0 Å². The molecule has 5 heteroatoms. The van der Waals surface area contributed by atoms with Crippen LogP contribution in [-0.2, 0) is 13.0 Å². The molecule has 6 rings (SSSR count). The summed E-state index contributed by atoms with van der Waals surface area (Å²) in [5.74, 6) is 0. The van der Waals surface area contributed by atoms with Crippen molar-refractivity contribution in [3.63, 3.8) is 0 Å². The molecule has 2 bridgehead atoms. The Morgan fingerprint density at radius 1 is 1.10 bits per heavy atom. The molecule has 1 aromatic carbocycles. The minimum atomic E-state index is -0.0301. The highest BCUT2D eigenvalue weighted by atomic mass is 16.1. The Balaban J connectivity index is 1.45. The summed E-state index contributed by atoms with van der Waals surface area (Å²) in [4.78, 5) is 17.3. The van der Waals surface area contributed by atoms with E-state index < -0.39 is 0 Å². The lowest BCUT2D eigenvalue weighted by molar-refractivity contribution is 0.498. The molecule has 2 unspecified atom stereocenters. The van der Waals surface area contributed by atoms with Crippen LogP contribution >= 0.6 is 0 Å². The van der Waals surface area contributed by atoms with E-state index in [1.54, 1.807) is 10.6 Å². The zero-order valence-electron chi connectivity index (χ0n) is 17.9. The Bertz CT molecular complexity index is 1360. The Kier molecular flexibility index (Phi) is 4.15. The maximum atomic E-state index is 13.0. The standard InChI is InChI=1S/C26H26N4O/c1-3-29-23-14-20(7-8-21(23)26-22-9-6-19(28-22)13-24(26)29)30-11-10-17(12-25(30)31)18-5-4-16(2)27-15-18/h4-5,7-8,10-12,14-15,19,22,28H,3,6,9,13H2,1-2H3. The monoisotopic (exact) mass is 410 g/mol. The van der Waals surface area contributed by atoms with Gasteiger partial charge in [0.15, 0.2) is 0 Å². The third-order valence-electron chi connectivity index (χ3n) is 6.99. The average Bonchev–Trinajstić information content (AvgIpc) is 3.31. The average molecular weight is 411 g/mol. The lowest BCUT2D eigenvalue weighted by atomic mass is 9.99. The van der Waals surface area contributed by atoms with E-state index in [1.807, 2.05) is 37.5 Å². The largest absolute Gasteiger partial charge is 0.344 e. The normalized spacial score (nSPS) is 19.7. The molecule has 156 valence electrons. The van der Waals surface area contributed by atoms with Crippen LogP contribution in [-0.4, -0.2) is 20.2 Å². The van der Waals surface area contributed by atoms with Gasteiger partial charge >= 0.3 is 0 Å². The topological polar surface area (TPSA) is 51.9 Å². The Labute approximate surface area is 181 Å². The molecular formula is C26H26N4O. The second kappa shape index (κ2) is 6.92. The molecule has 0 aliphatic carbocycles. The first-order valence-corrected chi connectivity index (χ1v) is 11.2. The van der Waals surface area contributed by atoms with Crippen LogP contribution in [0.5, 0.6) is 0 Å². The van der Waals surface area contributed by atoms with Crippen molar-refractivity contribution in [1.29, 1.82) is 0 Å². The van der Waals surface area contributed by atoms with Crippen molar-refractivity contribution < 1.29 is 0 Å². The fourth-order valence-electron chi connectivity index (χ4n) is 5.49. The number of aromatic nitrogens is 3. The highest BCUT2D eigenvalue weighted by molar-refractivity contribution is 5.88. The number of benzene rings is 1. The van der Waals surface area contributed by atoms with Crippen LogP contribution in [0.4, 0.5) is 0 Å². The van der Waals surface area contributed by atoms with Gasteiger partial charge in [0.25, 0.3) is 5.56 Å². The summed E-state index contributed by atoms with van der Waals surface area (Å²) < 4.78 is 4.19. The van der Waals surface area contributed by atoms with Gasteiger partial charge in [-0.2, -0.15) is 0 Å². The summed E-state index contributed by atoms with van der Waals surface area (Å²) in [5, 5.41) is 5.11. The van der Waals surface area contributed by atoms with Gasteiger partial charge in [0.05, 0.1) is 11.2 Å². The number of fused-ring (bicyclic) bond motifs is 6. The predicted octanol–water partition coefficient (Wildman–Crippen LogP) is 4.53. The third-order valence-corrected chi connectivity index (χ3v) is 6.99. The molecule has 31 heavy (non-hydrogen) atoms. The lowest BCUT2D eigenvalue weighted by Gasteiger charge is -2.23. The number of hydrogen-bond donors (Lipinski definition) is 1. The molecule has 1 fully saturated rings. The highest BCUT2D eigenvalue weighted by Gasteiger charge is 2.36. The van der Waals surface area contributed by atoms with Crippen LogP contribution in [0, 0.1) is 6.92 Å². The van der Waals surface area contributed by atoms with Gasteiger partial charge in [-0.15, -0.1) is 0 Å². The summed E-state index contributed by atoms with van der Waals surface area (Å²) in [6, 6.07) is 15.2. The maximum absolute atomic E-state index is 13.0. The van der Waals surface area contributed by atoms with E-state index >= 15 is 0 Å². The van der Waals surface area contributed by atoms with Gasteiger partial charge in [0, 0.05) is 65.8 Å². The van der Waals surface area contributed by atoms with Crippen molar-refractivity contribution >= 4 is 10.9 Å². The van der Waals surface area contributed by atoms with E-state index in [9.17, 15) is 4.79 Å². The summed E-state index contributed by atoms with van der Waals surface area (Å²) in [7, 11) is 0. The highest BCUT2D eigenvalue weighted by Crippen LogP contribution is 2.42. The van der Waals surface area contributed by atoms with Gasteiger partial charge in [0.2, 0.25) is 0 Å². The van der Waals surface area contributed by atoms with Crippen LogP contribution in [0.25, 0.3) is 27.7 Å². The summed E-state index contributed by atoms with van der Waals surface area (Å²) in [5.41, 5.74) is 7.90. The van der Waals surface area contributed by atoms with Crippen molar-refractivity contribution in [1.82, 2.24) is 19.4 Å². The maximum Gasteiger partial charge on any atom is 0.255 e. The van der Waals surface area contributed by atoms with E-state index in [0.29, 0.717) is 12.1 Å². The molecule has 5 nitrogen and oxygen atoms in total. The molecule has 2 atom stereocenters. The first-order valence-electron chi connectivity index (χ1n) is 11.2. The van der Waals surface area contributed by atoms with E-state index in [1.165, 1.54) is 35.0 Å². The molecular weight excluding hydrogens is 384 g/mol. The minimum absolute atomic E-state index is 0.0301. The molecule has 4 aromatic rings. The van der Waals surface area contributed by atoms with Crippen molar-refractivity contribution in [3.8, 4) is 16.8 Å². The molecule has 0 amide bonds. The first-order chi connectivity index (χ1) is 15.1. The van der Waals surface area contributed by atoms with Crippen LogP contribution < -0.4 is 10.9 Å². The van der Waals surface area contributed by atoms with Crippen LogP contribution in [0.1, 0.15) is 42.8 Å². The summed E-state index contributed by atoms with van der Waals surface area (Å²) in [6.07, 6.45) is 7.28. The number of nitrogens with zero attached hydrogens (tertiary/aromatic N) is 3. The molecule has 5 heterocycles. The van der Waals surface area contributed by atoms with Crippen molar-refractivity contribution in [2.24, 2.45) is 0 Å². The van der Waals surface area contributed by atoms with E-state index in [2.05, 4.69) is 40.0 Å². The number of pyridine rings is 2. The van der Waals surface area contributed by atoms with Crippen molar-refractivity contribution in [3.05, 3.63) is 82.2 Å². The molecule has 2 aliphatic heterocycles. The molecule has 2 aliphatic rings. The zero-order chi connectivity index (χ0) is 21.1. The minimum Gasteiger partial charge on any atom is -0.344 e. The second-order valence-corrected chi connectivity index (χ2v) is 8.82. The van der Waals surface area contributed by atoms with Crippen molar-refractivity contribution in [2.45, 2.75) is 51.7 Å². The predicted molar refractivity (Wildman–Crippen MR) is 124 cm³/mol. The van der Waals surface area contributed by atoms with E-state index in [0.717, 1.165) is 35.5 Å². The molecule has 3 aromatic heterocycles. The Hall–Kier alpha value is -3.18. The van der Waals surface area contributed by atoms with Gasteiger partial charge in [-0.1, -0.05) is 12.1 Å². The van der Waals surface area contributed by atoms with Gasteiger partial charge in [-0.3, -0.25) is 14.3 Å². The van der Waals surface area contributed by atoms with Crippen LogP contribution in [0.3, 0.4) is 0 Å². The van der Waals surface area contributed by atoms with E-state index in [4.69, 9.17) is 0 Å². The number of aryl methyl sites for hydroxylation is 2. The molecule has 1 N–H and O–H groups in total. The van der Waals surface area contributed by atoms with E-state index in [-0.39, 0.29) is 5.56 Å². The van der Waals surface area contributed by atoms with Gasteiger partial charge in [0.1, 0.15) is 0 Å². The second-order valence-electron chi connectivity index (χ2n) is 8.82. The Morgan fingerprint density at radius 2 is 2.00 bits per heavy atom. The number of nitrogens with one attached hydrogen (secondary N) is 1. The number of rotatable bonds is 3.